The minimum Gasteiger partial charge on any atom is -0.316 e. The van der Waals surface area contributed by atoms with E-state index >= 15 is 0 Å². The van der Waals surface area contributed by atoms with Crippen LogP contribution in [-0.2, 0) is 10.0 Å². The van der Waals surface area contributed by atoms with Crippen LogP contribution in [-0.4, -0.2) is 28.1 Å². The van der Waals surface area contributed by atoms with Gasteiger partial charge in [0.25, 0.3) is 0 Å². The summed E-state index contributed by atoms with van der Waals surface area (Å²) < 4.78 is 27.7. The Balaban J connectivity index is 1.97. The van der Waals surface area contributed by atoms with Crippen molar-refractivity contribution in [2.24, 2.45) is 5.92 Å². The molecular weight excluding hydrogens is 328 g/mol. The number of halogens is 1. The fraction of sp³-hybridized carbons (Fsp3) is 0.538. The molecule has 2 rings (SSSR count). The van der Waals surface area contributed by atoms with Crippen LogP contribution in [0.1, 0.15) is 18.4 Å². The Labute approximate surface area is 123 Å². The molecule has 0 aliphatic carbocycles. The fourth-order valence-corrected chi connectivity index (χ4v) is 4.50. The van der Waals surface area contributed by atoms with Crippen LogP contribution in [0.5, 0.6) is 0 Å². The number of aryl methyl sites for hydroxylation is 1. The van der Waals surface area contributed by atoms with Gasteiger partial charge in [0, 0.05) is 11.0 Å². The molecule has 0 bridgehead atoms. The lowest BCUT2D eigenvalue weighted by Gasteiger charge is -2.11. The molecule has 19 heavy (non-hydrogen) atoms. The monoisotopic (exact) mass is 346 g/mol. The molecule has 6 heteroatoms. The Morgan fingerprint density at radius 1 is 1.47 bits per heavy atom. The Bertz CT molecular complexity index is 540. The molecule has 0 aromatic heterocycles. The van der Waals surface area contributed by atoms with Crippen LogP contribution < -0.4 is 10.0 Å². The summed E-state index contributed by atoms with van der Waals surface area (Å²) in [6.07, 6.45) is 2.02. The predicted molar refractivity (Wildman–Crippen MR) is 79.7 cm³/mol. The highest BCUT2D eigenvalue weighted by Gasteiger charge is 2.19. The zero-order valence-corrected chi connectivity index (χ0v) is 13.4. The lowest BCUT2D eigenvalue weighted by Crippen LogP contribution is -2.27. The summed E-state index contributed by atoms with van der Waals surface area (Å²) >= 11 is 3.31. The van der Waals surface area contributed by atoms with Crippen molar-refractivity contribution in [3.63, 3.8) is 0 Å². The standard InChI is InChI=1S/C13H19BrN2O2S/c1-10-2-3-13(12(14)8-10)19(17,18)16-7-5-11-4-6-15-9-11/h2-3,8,11,15-16H,4-7,9H2,1H3/t11-/m1/s1. The molecule has 1 atom stereocenters. The van der Waals surface area contributed by atoms with Gasteiger partial charge in [0.05, 0.1) is 4.90 Å². The van der Waals surface area contributed by atoms with Crippen LogP contribution in [0.3, 0.4) is 0 Å². The molecule has 0 saturated carbocycles. The zero-order chi connectivity index (χ0) is 13.9. The summed E-state index contributed by atoms with van der Waals surface area (Å²) in [5, 5.41) is 3.28. The first-order valence-corrected chi connectivity index (χ1v) is 8.73. The molecule has 0 unspecified atom stereocenters. The normalized spacial score (nSPS) is 19.8. The van der Waals surface area contributed by atoms with Gasteiger partial charge in [-0.2, -0.15) is 0 Å². The van der Waals surface area contributed by atoms with Crippen molar-refractivity contribution in [3.8, 4) is 0 Å². The number of nitrogens with one attached hydrogen (secondary N) is 2. The molecule has 0 amide bonds. The second-order valence-corrected chi connectivity index (χ2v) is 7.57. The quantitative estimate of drug-likeness (QED) is 0.857. The molecule has 1 aliphatic heterocycles. The van der Waals surface area contributed by atoms with Gasteiger partial charge < -0.3 is 5.32 Å². The van der Waals surface area contributed by atoms with Crippen LogP contribution in [0, 0.1) is 12.8 Å². The molecule has 1 aromatic rings. The third-order valence-electron chi connectivity index (χ3n) is 3.38. The van der Waals surface area contributed by atoms with Crippen molar-refractivity contribution < 1.29 is 8.42 Å². The minimum absolute atomic E-state index is 0.308. The molecule has 1 fully saturated rings. The molecule has 2 N–H and O–H groups in total. The number of hydrogen-bond acceptors (Lipinski definition) is 3. The topological polar surface area (TPSA) is 58.2 Å². The minimum atomic E-state index is -3.42. The highest BCUT2D eigenvalue weighted by atomic mass is 79.9. The van der Waals surface area contributed by atoms with Crippen LogP contribution >= 0.6 is 15.9 Å². The average Bonchev–Trinajstić information content (AvgIpc) is 2.81. The smallest absolute Gasteiger partial charge is 0.241 e. The van der Waals surface area contributed by atoms with Gasteiger partial charge in [-0.15, -0.1) is 0 Å². The highest BCUT2D eigenvalue weighted by Crippen LogP contribution is 2.23. The third kappa shape index (κ3) is 4.02. The van der Waals surface area contributed by atoms with Gasteiger partial charge in [-0.25, -0.2) is 13.1 Å². The van der Waals surface area contributed by atoms with Gasteiger partial charge in [0.15, 0.2) is 0 Å². The Morgan fingerprint density at radius 3 is 2.89 bits per heavy atom. The van der Waals surface area contributed by atoms with E-state index in [1.165, 1.54) is 0 Å². The van der Waals surface area contributed by atoms with E-state index in [0.717, 1.165) is 31.5 Å². The summed E-state index contributed by atoms with van der Waals surface area (Å²) in [5.74, 6) is 0.587. The lowest BCUT2D eigenvalue weighted by molar-refractivity contribution is 0.519. The Hall–Kier alpha value is -0.430. The van der Waals surface area contributed by atoms with E-state index in [0.29, 0.717) is 21.8 Å². The highest BCUT2D eigenvalue weighted by molar-refractivity contribution is 9.10. The van der Waals surface area contributed by atoms with Crippen molar-refractivity contribution in [2.45, 2.75) is 24.7 Å². The largest absolute Gasteiger partial charge is 0.316 e. The first-order valence-electron chi connectivity index (χ1n) is 6.45. The van der Waals surface area contributed by atoms with Crippen LogP contribution in [0.4, 0.5) is 0 Å². The second kappa shape index (κ2) is 6.35. The van der Waals surface area contributed by atoms with E-state index in [2.05, 4.69) is 26.0 Å². The Kier molecular flexibility index (Phi) is 5.00. The summed E-state index contributed by atoms with van der Waals surface area (Å²) in [7, 11) is -3.42. The maximum atomic E-state index is 12.2. The average molecular weight is 347 g/mol. The van der Waals surface area contributed by atoms with Crippen LogP contribution in [0.2, 0.25) is 0 Å². The van der Waals surface area contributed by atoms with Crippen molar-refractivity contribution >= 4 is 26.0 Å². The number of rotatable bonds is 5. The molecule has 0 radical (unpaired) electrons. The number of hydrogen-bond donors (Lipinski definition) is 2. The summed E-state index contributed by atoms with van der Waals surface area (Å²) in [4.78, 5) is 0.308. The van der Waals surface area contributed by atoms with E-state index in [9.17, 15) is 8.42 Å². The first kappa shape index (κ1) is 15.0. The Morgan fingerprint density at radius 2 is 2.26 bits per heavy atom. The van der Waals surface area contributed by atoms with Crippen molar-refractivity contribution in [3.05, 3.63) is 28.2 Å². The van der Waals surface area contributed by atoms with E-state index in [-0.39, 0.29) is 0 Å². The predicted octanol–water partition coefficient (Wildman–Crippen LogP) is 2.04. The fourth-order valence-electron chi connectivity index (χ4n) is 2.26. The summed E-state index contributed by atoms with van der Waals surface area (Å²) in [6.45, 7) is 4.47. The molecule has 0 spiro atoms. The van der Waals surface area contributed by atoms with E-state index in [1.807, 2.05) is 13.0 Å². The van der Waals surface area contributed by atoms with Gasteiger partial charge in [-0.1, -0.05) is 6.07 Å². The van der Waals surface area contributed by atoms with Crippen molar-refractivity contribution in [1.82, 2.24) is 10.0 Å². The lowest BCUT2D eigenvalue weighted by atomic mass is 10.1. The van der Waals surface area contributed by atoms with Crippen molar-refractivity contribution in [1.29, 1.82) is 0 Å². The first-order chi connectivity index (χ1) is 8.99. The molecule has 1 heterocycles. The maximum Gasteiger partial charge on any atom is 0.241 e. The second-order valence-electron chi connectivity index (χ2n) is 4.98. The molecule has 106 valence electrons. The van der Waals surface area contributed by atoms with Gasteiger partial charge in [0.1, 0.15) is 0 Å². The van der Waals surface area contributed by atoms with Crippen LogP contribution in [0.15, 0.2) is 27.6 Å². The van der Waals surface area contributed by atoms with Gasteiger partial charge in [-0.05, 0) is 72.4 Å². The molecule has 4 nitrogen and oxygen atoms in total. The summed E-state index contributed by atoms with van der Waals surface area (Å²) in [5.41, 5.74) is 1.03. The number of sulfonamides is 1. The maximum absolute atomic E-state index is 12.2. The third-order valence-corrected chi connectivity index (χ3v) is 5.82. The molecular formula is C13H19BrN2O2S. The van der Waals surface area contributed by atoms with Crippen LogP contribution in [0.25, 0.3) is 0 Å². The van der Waals surface area contributed by atoms with Gasteiger partial charge >= 0.3 is 0 Å². The van der Waals surface area contributed by atoms with E-state index < -0.39 is 10.0 Å². The SMILES string of the molecule is Cc1ccc(S(=O)(=O)NCC[C@H]2CCNC2)c(Br)c1. The van der Waals surface area contributed by atoms with E-state index in [4.69, 9.17) is 0 Å². The molecule has 1 aliphatic rings. The molecule has 1 saturated heterocycles. The van der Waals surface area contributed by atoms with Gasteiger partial charge in [-0.3, -0.25) is 0 Å². The van der Waals surface area contributed by atoms with Gasteiger partial charge in [0.2, 0.25) is 10.0 Å². The molecule has 1 aromatic carbocycles. The van der Waals surface area contributed by atoms with E-state index in [1.54, 1.807) is 12.1 Å². The van der Waals surface area contributed by atoms with Crippen molar-refractivity contribution in [2.75, 3.05) is 19.6 Å². The zero-order valence-electron chi connectivity index (χ0n) is 10.9. The summed E-state index contributed by atoms with van der Waals surface area (Å²) in [6, 6.07) is 5.26. The number of benzene rings is 1.